The van der Waals surface area contributed by atoms with Gasteiger partial charge in [0.2, 0.25) is 5.91 Å². The van der Waals surface area contributed by atoms with Crippen molar-refractivity contribution in [2.75, 3.05) is 5.33 Å². The lowest BCUT2D eigenvalue weighted by atomic mass is 9.95. The molecule has 106 valence electrons. The molecule has 1 N–H and O–H groups in total. The van der Waals surface area contributed by atoms with Crippen molar-refractivity contribution in [3.05, 3.63) is 35.4 Å². The van der Waals surface area contributed by atoms with Crippen LogP contribution in [-0.4, -0.2) is 16.8 Å². The third-order valence-corrected chi connectivity index (χ3v) is 4.97. The van der Waals surface area contributed by atoms with Gasteiger partial charge in [-0.1, -0.05) is 54.0 Å². The van der Waals surface area contributed by atoms with E-state index in [-0.39, 0.29) is 11.4 Å². The van der Waals surface area contributed by atoms with Gasteiger partial charge in [-0.3, -0.25) is 4.79 Å². The molecule has 0 spiro atoms. The fraction of sp³-hybridized carbons (Fsp3) is 0.562. The van der Waals surface area contributed by atoms with E-state index in [1.54, 1.807) is 0 Å². The first kappa shape index (κ1) is 16.2. The average molecular weight is 326 g/mol. The van der Waals surface area contributed by atoms with Gasteiger partial charge in [0.05, 0.1) is 0 Å². The lowest BCUT2D eigenvalue weighted by Crippen LogP contribution is -2.49. The van der Waals surface area contributed by atoms with E-state index in [0.717, 1.165) is 24.6 Å². The normalized spacial score (nSPS) is 11.4. The zero-order valence-corrected chi connectivity index (χ0v) is 13.7. The van der Waals surface area contributed by atoms with Crippen molar-refractivity contribution in [2.24, 2.45) is 0 Å². The zero-order valence-electron chi connectivity index (χ0n) is 12.1. The van der Waals surface area contributed by atoms with Gasteiger partial charge in [-0.15, -0.1) is 0 Å². The van der Waals surface area contributed by atoms with E-state index < -0.39 is 0 Å². The van der Waals surface area contributed by atoms with Gasteiger partial charge in [0, 0.05) is 17.3 Å². The Morgan fingerprint density at radius 3 is 2.42 bits per heavy atom. The van der Waals surface area contributed by atoms with Crippen LogP contribution in [0.15, 0.2) is 24.3 Å². The molecule has 0 unspecified atom stereocenters. The molecule has 0 atom stereocenters. The molecular weight excluding hydrogens is 302 g/mol. The summed E-state index contributed by atoms with van der Waals surface area (Å²) in [6.07, 6.45) is 3.26. The topological polar surface area (TPSA) is 29.1 Å². The molecule has 0 aromatic heterocycles. The second-order valence-corrected chi connectivity index (χ2v) is 5.66. The monoisotopic (exact) mass is 325 g/mol. The Morgan fingerprint density at radius 2 is 1.89 bits per heavy atom. The van der Waals surface area contributed by atoms with Crippen molar-refractivity contribution >= 4 is 21.8 Å². The third-order valence-electron chi connectivity index (χ3n) is 3.90. The number of amides is 1. The molecule has 0 fully saturated rings. The number of nitrogens with one attached hydrogen (secondary N) is 1. The summed E-state index contributed by atoms with van der Waals surface area (Å²) in [5, 5.41) is 3.99. The molecule has 0 saturated carbocycles. The van der Waals surface area contributed by atoms with Gasteiger partial charge in [0.1, 0.15) is 0 Å². The number of carbonyl (C=O) groups excluding carboxylic acids is 1. The maximum Gasteiger partial charge on any atom is 0.220 e. The summed E-state index contributed by atoms with van der Waals surface area (Å²) in [6.45, 7) is 6.33. The number of alkyl halides is 1. The van der Waals surface area contributed by atoms with Crippen LogP contribution in [0.25, 0.3) is 0 Å². The van der Waals surface area contributed by atoms with Gasteiger partial charge in [0.15, 0.2) is 0 Å². The van der Waals surface area contributed by atoms with Crippen molar-refractivity contribution in [1.82, 2.24) is 5.32 Å². The Labute approximate surface area is 125 Å². The molecule has 19 heavy (non-hydrogen) atoms. The van der Waals surface area contributed by atoms with Crippen LogP contribution in [0.4, 0.5) is 0 Å². The minimum Gasteiger partial charge on any atom is -0.350 e. The number of rotatable bonds is 7. The largest absolute Gasteiger partial charge is 0.350 e. The predicted octanol–water partition coefficient (Wildman–Crippen LogP) is 4.00. The molecule has 0 aliphatic heterocycles. The summed E-state index contributed by atoms with van der Waals surface area (Å²) < 4.78 is 0. The Balaban J connectivity index is 2.54. The SMILES string of the molecule is CCC(CC)(CBr)NC(=O)CCc1ccccc1C. The highest BCUT2D eigenvalue weighted by molar-refractivity contribution is 9.09. The van der Waals surface area contributed by atoms with Crippen LogP contribution in [-0.2, 0) is 11.2 Å². The van der Waals surface area contributed by atoms with Gasteiger partial charge in [-0.25, -0.2) is 0 Å². The molecule has 1 amide bonds. The average Bonchev–Trinajstić information content (AvgIpc) is 2.44. The van der Waals surface area contributed by atoms with E-state index in [2.05, 4.69) is 54.2 Å². The lowest BCUT2D eigenvalue weighted by molar-refractivity contribution is -0.122. The summed E-state index contributed by atoms with van der Waals surface area (Å²) in [6, 6.07) is 8.25. The fourth-order valence-corrected chi connectivity index (χ4v) is 3.08. The Hall–Kier alpha value is -0.830. The van der Waals surface area contributed by atoms with E-state index in [4.69, 9.17) is 0 Å². The first-order valence-corrected chi connectivity index (χ1v) is 8.10. The standard InChI is InChI=1S/C16H24BrNO/c1-4-16(5-2,12-17)18-15(19)11-10-14-9-7-6-8-13(14)3/h6-9H,4-5,10-12H2,1-3H3,(H,18,19). The fourth-order valence-electron chi connectivity index (χ4n) is 2.15. The lowest BCUT2D eigenvalue weighted by Gasteiger charge is -2.31. The molecule has 0 radical (unpaired) electrons. The van der Waals surface area contributed by atoms with Crippen LogP contribution in [0.2, 0.25) is 0 Å². The first-order chi connectivity index (χ1) is 9.06. The number of benzene rings is 1. The van der Waals surface area contributed by atoms with Gasteiger partial charge in [-0.2, -0.15) is 0 Å². The van der Waals surface area contributed by atoms with E-state index in [1.165, 1.54) is 11.1 Å². The second-order valence-electron chi connectivity index (χ2n) is 5.10. The Bertz CT molecular complexity index is 405. The number of aryl methyl sites for hydroxylation is 2. The summed E-state index contributed by atoms with van der Waals surface area (Å²) in [5.41, 5.74) is 2.42. The van der Waals surface area contributed by atoms with Crippen LogP contribution < -0.4 is 5.32 Å². The molecule has 0 bridgehead atoms. The predicted molar refractivity (Wildman–Crippen MR) is 84.7 cm³/mol. The number of hydrogen-bond donors (Lipinski definition) is 1. The van der Waals surface area contributed by atoms with Crippen LogP contribution in [0.3, 0.4) is 0 Å². The van der Waals surface area contributed by atoms with Crippen molar-refractivity contribution in [2.45, 2.75) is 52.0 Å². The first-order valence-electron chi connectivity index (χ1n) is 6.98. The number of halogens is 1. The maximum atomic E-state index is 12.1. The quantitative estimate of drug-likeness (QED) is 0.754. The highest BCUT2D eigenvalue weighted by atomic mass is 79.9. The highest BCUT2D eigenvalue weighted by Crippen LogP contribution is 2.18. The molecule has 3 heteroatoms. The summed E-state index contributed by atoms with van der Waals surface area (Å²) in [5.74, 6) is 0.145. The summed E-state index contributed by atoms with van der Waals surface area (Å²) >= 11 is 3.51. The molecule has 0 saturated heterocycles. The van der Waals surface area contributed by atoms with Crippen LogP contribution in [0, 0.1) is 6.92 Å². The van der Waals surface area contributed by atoms with Crippen LogP contribution in [0.1, 0.15) is 44.2 Å². The van der Waals surface area contributed by atoms with Gasteiger partial charge in [0.25, 0.3) is 0 Å². The maximum absolute atomic E-state index is 12.1. The Morgan fingerprint density at radius 1 is 1.26 bits per heavy atom. The molecule has 0 heterocycles. The van der Waals surface area contributed by atoms with Gasteiger partial charge < -0.3 is 5.32 Å². The van der Waals surface area contributed by atoms with Crippen molar-refractivity contribution in [1.29, 1.82) is 0 Å². The summed E-state index contributed by atoms with van der Waals surface area (Å²) in [4.78, 5) is 12.1. The van der Waals surface area contributed by atoms with Gasteiger partial charge >= 0.3 is 0 Å². The van der Waals surface area contributed by atoms with Crippen molar-refractivity contribution in [3.63, 3.8) is 0 Å². The van der Waals surface area contributed by atoms with Crippen molar-refractivity contribution in [3.8, 4) is 0 Å². The molecule has 1 rings (SSSR count). The number of carbonyl (C=O) groups is 1. The number of hydrogen-bond acceptors (Lipinski definition) is 1. The van der Waals surface area contributed by atoms with E-state index in [0.29, 0.717) is 6.42 Å². The minimum atomic E-state index is -0.0944. The molecule has 0 aliphatic rings. The summed E-state index contributed by atoms with van der Waals surface area (Å²) in [7, 11) is 0. The van der Waals surface area contributed by atoms with Crippen LogP contribution >= 0.6 is 15.9 Å². The smallest absolute Gasteiger partial charge is 0.220 e. The highest BCUT2D eigenvalue weighted by Gasteiger charge is 2.26. The van der Waals surface area contributed by atoms with E-state index in [1.807, 2.05) is 12.1 Å². The Kier molecular flexibility index (Phi) is 6.56. The van der Waals surface area contributed by atoms with Gasteiger partial charge in [-0.05, 0) is 37.3 Å². The minimum absolute atomic E-state index is 0.0944. The zero-order chi connectivity index (χ0) is 14.3. The second kappa shape index (κ2) is 7.68. The molecular formula is C16H24BrNO. The van der Waals surface area contributed by atoms with E-state index >= 15 is 0 Å². The molecule has 1 aromatic carbocycles. The van der Waals surface area contributed by atoms with E-state index in [9.17, 15) is 4.79 Å². The molecule has 2 nitrogen and oxygen atoms in total. The van der Waals surface area contributed by atoms with Crippen molar-refractivity contribution < 1.29 is 4.79 Å². The third kappa shape index (κ3) is 4.64. The van der Waals surface area contributed by atoms with Crippen LogP contribution in [0.5, 0.6) is 0 Å². The molecule has 1 aromatic rings. The molecule has 0 aliphatic carbocycles.